The van der Waals surface area contributed by atoms with Gasteiger partial charge >= 0.3 is 6.18 Å². The lowest BCUT2D eigenvalue weighted by Crippen LogP contribution is -2.21. The van der Waals surface area contributed by atoms with Crippen LogP contribution in [-0.4, -0.2) is 5.91 Å². The van der Waals surface area contributed by atoms with Crippen molar-refractivity contribution in [2.75, 3.05) is 0 Å². The highest BCUT2D eigenvalue weighted by molar-refractivity contribution is 7.17. The fourth-order valence-corrected chi connectivity index (χ4v) is 4.09. The maximum absolute atomic E-state index is 12.9. The predicted octanol–water partition coefficient (Wildman–Crippen LogP) is 6.52. The molecule has 0 atom stereocenters. The number of nitrogens with one attached hydrogen (secondary N) is 1. The molecule has 0 aliphatic heterocycles. The fourth-order valence-electron chi connectivity index (χ4n) is 3.17. The van der Waals surface area contributed by atoms with Crippen molar-refractivity contribution < 1.29 is 18.0 Å². The number of fused-ring (bicyclic) bond motifs is 1. The number of benzene rings is 3. The van der Waals surface area contributed by atoms with Crippen molar-refractivity contribution in [1.29, 1.82) is 0 Å². The monoisotopic (exact) mass is 411 g/mol. The molecule has 1 aromatic heterocycles. The van der Waals surface area contributed by atoms with Gasteiger partial charge in [0.2, 0.25) is 0 Å². The molecule has 0 unspecified atom stereocenters. The van der Waals surface area contributed by atoms with Gasteiger partial charge in [0.05, 0.1) is 10.4 Å². The van der Waals surface area contributed by atoms with Crippen molar-refractivity contribution in [1.82, 2.24) is 5.32 Å². The summed E-state index contributed by atoms with van der Waals surface area (Å²) in [5, 5.41) is 5.07. The Balaban J connectivity index is 1.50. The Labute approximate surface area is 169 Å². The molecule has 0 spiro atoms. The number of hydrogen-bond acceptors (Lipinski definition) is 2. The first-order chi connectivity index (χ1) is 13.9. The van der Waals surface area contributed by atoms with Crippen LogP contribution in [0.5, 0.6) is 0 Å². The predicted molar refractivity (Wildman–Crippen MR) is 110 cm³/mol. The molecule has 0 saturated heterocycles. The Morgan fingerprint density at radius 2 is 1.66 bits per heavy atom. The van der Waals surface area contributed by atoms with Gasteiger partial charge in [-0.3, -0.25) is 4.79 Å². The molecule has 0 saturated carbocycles. The summed E-state index contributed by atoms with van der Waals surface area (Å²) in [5.74, 6) is -0.249. The van der Waals surface area contributed by atoms with Gasteiger partial charge in [0.1, 0.15) is 0 Å². The molecule has 1 amide bonds. The molecule has 0 aliphatic rings. The van der Waals surface area contributed by atoms with Crippen LogP contribution in [0.25, 0.3) is 21.2 Å². The van der Waals surface area contributed by atoms with E-state index in [0.717, 1.165) is 28.5 Å². The molecule has 0 radical (unpaired) electrons. The number of halogens is 3. The van der Waals surface area contributed by atoms with Crippen LogP contribution >= 0.6 is 11.3 Å². The zero-order chi connectivity index (χ0) is 20.4. The summed E-state index contributed by atoms with van der Waals surface area (Å²) in [5.41, 5.74) is 0.745. The van der Waals surface area contributed by atoms with Crippen molar-refractivity contribution >= 4 is 28.0 Å². The van der Waals surface area contributed by atoms with Gasteiger partial charge in [0.15, 0.2) is 0 Å². The third-order valence-corrected chi connectivity index (χ3v) is 5.76. The maximum atomic E-state index is 12.9. The third-order valence-electron chi connectivity index (χ3n) is 4.62. The molecular weight excluding hydrogens is 395 g/mol. The van der Waals surface area contributed by atoms with Crippen LogP contribution in [0.3, 0.4) is 0 Å². The van der Waals surface area contributed by atoms with Crippen molar-refractivity contribution in [2.45, 2.75) is 12.7 Å². The SMILES string of the molecule is O=C(NCc1cccc2ccccc12)c1ccc(-c2cccc(C(F)(F)F)c2)s1. The number of carbonyl (C=O) groups is 1. The highest BCUT2D eigenvalue weighted by Crippen LogP contribution is 2.34. The van der Waals surface area contributed by atoms with Gasteiger partial charge in [0, 0.05) is 11.4 Å². The summed E-state index contributed by atoms with van der Waals surface area (Å²) in [6.45, 7) is 0.372. The zero-order valence-electron chi connectivity index (χ0n) is 15.2. The Hall–Kier alpha value is -3.12. The molecule has 0 fully saturated rings. The van der Waals surface area contributed by atoms with E-state index in [4.69, 9.17) is 0 Å². The Bertz CT molecular complexity index is 1170. The topological polar surface area (TPSA) is 29.1 Å². The molecule has 0 aliphatic carbocycles. The van der Waals surface area contributed by atoms with E-state index < -0.39 is 11.7 Å². The first-order valence-corrected chi connectivity index (χ1v) is 9.76. The summed E-state index contributed by atoms with van der Waals surface area (Å²) in [6, 6.07) is 22.3. The lowest BCUT2D eigenvalue weighted by atomic mass is 10.0. The number of alkyl halides is 3. The molecule has 1 heterocycles. The standard InChI is InChI=1S/C23H16F3NOS/c24-23(25,26)18-9-4-7-16(13-18)20-11-12-21(29-20)22(28)27-14-17-8-3-6-15-5-1-2-10-19(15)17/h1-13H,14H2,(H,27,28). The van der Waals surface area contributed by atoms with E-state index >= 15 is 0 Å². The number of hydrogen-bond donors (Lipinski definition) is 1. The van der Waals surface area contributed by atoms with E-state index in [-0.39, 0.29) is 5.91 Å². The average molecular weight is 411 g/mol. The molecular formula is C23H16F3NOS. The van der Waals surface area contributed by atoms with Gasteiger partial charge in [-0.05, 0) is 46.2 Å². The minimum atomic E-state index is -4.40. The van der Waals surface area contributed by atoms with Gasteiger partial charge in [-0.2, -0.15) is 13.2 Å². The van der Waals surface area contributed by atoms with Crippen molar-refractivity contribution in [3.05, 3.63) is 94.9 Å². The molecule has 2 nitrogen and oxygen atoms in total. The number of carbonyl (C=O) groups excluding carboxylic acids is 1. The lowest BCUT2D eigenvalue weighted by molar-refractivity contribution is -0.137. The summed E-state index contributed by atoms with van der Waals surface area (Å²) >= 11 is 1.17. The molecule has 146 valence electrons. The zero-order valence-corrected chi connectivity index (χ0v) is 16.0. The van der Waals surface area contributed by atoms with Crippen LogP contribution in [0.2, 0.25) is 0 Å². The van der Waals surface area contributed by atoms with Crippen molar-refractivity contribution in [3.63, 3.8) is 0 Å². The van der Waals surface area contributed by atoms with Crippen molar-refractivity contribution in [3.8, 4) is 10.4 Å². The number of amides is 1. The van der Waals surface area contributed by atoms with Gasteiger partial charge in [-0.25, -0.2) is 0 Å². The minimum Gasteiger partial charge on any atom is -0.347 e. The smallest absolute Gasteiger partial charge is 0.347 e. The third kappa shape index (κ3) is 4.17. The molecule has 4 rings (SSSR count). The van der Waals surface area contributed by atoms with Crippen LogP contribution in [0.4, 0.5) is 13.2 Å². The van der Waals surface area contributed by atoms with Crippen LogP contribution in [0.1, 0.15) is 20.8 Å². The number of rotatable bonds is 4. The molecule has 1 N–H and O–H groups in total. The van der Waals surface area contributed by atoms with Gasteiger partial charge < -0.3 is 5.32 Å². The van der Waals surface area contributed by atoms with E-state index in [1.165, 1.54) is 17.4 Å². The van der Waals surface area contributed by atoms with Gasteiger partial charge in [-0.15, -0.1) is 11.3 Å². The van der Waals surface area contributed by atoms with Crippen LogP contribution in [0.15, 0.2) is 78.9 Å². The van der Waals surface area contributed by atoms with Crippen LogP contribution in [-0.2, 0) is 12.7 Å². The second-order valence-electron chi connectivity index (χ2n) is 6.56. The minimum absolute atomic E-state index is 0.249. The summed E-state index contributed by atoms with van der Waals surface area (Å²) in [6.07, 6.45) is -4.40. The van der Waals surface area contributed by atoms with Crippen LogP contribution < -0.4 is 5.32 Å². The van der Waals surface area contributed by atoms with E-state index in [0.29, 0.717) is 21.9 Å². The second-order valence-corrected chi connectivity index (χ2v) is 7.65. The Morgan fingerprint density at radius 3 is 2.48 bits per heavy atom. The van der Waals surface area contributed by atoms with E-state index in [9.17, 15) is 18.0 Å². The number of thiophene rings is 1. The fraction of sp³-hybridized carbons (Fsp3) is 0.0870. The Kier molecular flexibility index (Phi) is 5.11. The largest absolute Gasteiger partial charge is 0.416 e. The summed E-state index contributed by atoms with van der Waals surface area (Å²) < 4.78 is 38.8. The highest BCUT2D eigenvalue weighted by atomic mass is 32.1. The normalized spacial score (nSPS) is 11.6. The van der Waals surface area contributed by atoms with Gasteiger partial charge in [0.25, 0.3) is 5.91 Å². The first kappa shape index (κ1) is 19.2. The van der Waals surface area contributed by atoms with Gasteiger partial charge in [-0.1, -0.05) is 54.6 Å². The summed E-state index contributed by atoms with van der Waals surface area (Å²) in [7, 11) is 0. The second kappa shape index (κ2) is 7.72. The highest BCUT2D eigenvalue weighted by Gasteiger charge is 2.30. The van der Waals surface area contributed by atoms with E-state index in [1.807, 2.05) is 42.5 Å². The summed E-state index contributed by atoms with van der Waals surface area (Å²) in [4.78, 5) is 13.6. The molecule has 29 heavy (non-hydrogen) atoms. The lowest BCUT2D eigenvalue weighted by Gasteiger charge is -2.08. The molecule has 6 heteroatoms. The van der Waals surface area contributed by atoms with E-state index in [1.54, 1.807) is 18.2 Å². The van der Waals surface area contributed by atoms with E-state index in [2.05, 4.69) is 5.32 Å². The molecule has 4 aromatic rings. The van der Waals surface area contributed by atoms with Crippen LogP contribution in [0, 0.1) is 0 Å². The quantitative estimate of drug-likeness (QED) is 0.407. The average Bonchev–Trinajstić information content (AvgIpc) is 3.22. The maximum Gasteiger partial charge on any atom is 0.416 e. The Morgan fingerprint density at radius 1 is 0.897 bits per heavy atom. The first-order valence-electron chi connectivity index (χ1n) is 8.94. The molecule has 0 bridgehead atoms. The van der Waals surface area contributed by atoms with Crippen molar-refractivity contribution in [2.24, 2.45) is 0 Å². The molecule has 3 aromatic carbocycles.